The van der Waals surface area contributed by atoms with Crippen molar-refractivity contribution in [2.24, 2.45) is 12.8 Å². The first-order chi connectivity index (χ1) is 15.3. The maximum Gasteiger partial charge on any atom is 0.284 e. The predicted molar refractivity (Wildman–Crippen MR) is 113 cm³/mol. The van der Waals surface area contributed by atoms with Crippen LogP contribution in [0.2, 0.25) is 0 Å². The zero-order valence-electron chi connectivity index (χ0n) is 17.9. The minimum Gasteiger partial charge on any atom is -0.363 e. The molecule has 4 rings (SSSR count). The Kier molecular flexibility index (Phi) is 5.77. The Bertz CT molecular complexity index is 1190. The number of nitrogens with two attached hydrogens (primary N) is 1. The molecule has 0 spiro atoms. The number of likely N-dealkylation sites (tertiary alicyclic amines) is 1. The van der Waals surface area contributed by atoms with Gasteiger partial charge in [0.05, 0.1) is 17.6 Å². The van der Waals surface area contributed by atoms with Crippen LogP contribution in [-0.4, -0.2) is 49.1 Å². The lowest BCUT2D eigenvalue weighted by Gasteiger charge is -2.26. The molecule has 0 saturated carbocycles. The number of hydrogen-bond donors (Lipinski definition) is 1. The van der Waals surface area contributed by atoms with E-state index in [9.17, 15) is 14.0 Å². The van der Waals surface area contributed by atoms with Gasteiger partial charge in [-0.1, -0.05) is 6.07 Å². The van der Waals surface area contributed by atoms with Crippen LogP contribution in [0.4, 0.5) is 8.78 Å². The summed E-state index contributed by atoms with van der Waals surface area (Å²) in [7, 11) is 1.50. The third-order valence-electron chi connectivity index (χ3n) is 5.81. The number of amides is 2. The van der Waals surface area contributed by atoms with E-state index in [-0.39, 0.29) is 35.1 Å². The van der Waals surface area contributed by atoms with Gasteiger partial charge in [0.2, 0.25) is 5.91 Å². The number of rotatable bonds is 5. The van der Waals surface area contributed by atoms with E-state index in [4.69, 9.17) is 5.73 Å². The van der Waals surface area contributed by atoms with Gasteiger partial charge in [-0.05, 0) is 32.3 Å². The van der Waals surface area contributed by atoms with Gasteiger partial charge < -0.3 is 15.2 Å². The van der Waals surface area contributed by atoms with Gasteiger partial charge >= 0.3 is 0 Å². The fourth-order valence-electron chi connectivity index (χ4n) is 4.09. The van der Waals surface area contributed by atoms with Gasteiger partial charge in [-0.2, -0.15) is 5.10 Å². The Balaban J connectivity index is 1.63. The molecule has 3 aromatic rings. The van der Waals surface area contributed by atoms with Crippen LogP contribution in [0.5, 0.6) is 0 Å². The number of carbonyl (C=O) groups is 2. The van der Waals surface area contributed by atoms with Crippen molar-refractivity contribution in [2.75, 3.05) is 13.1 Å². The fourth-order valence-corrected chi connectivity index (χ4v) is 4.09. The molecule has 1 saturated heterocycles. The van der Waals surface area contributed by atoms with Crippen LogP contribution in [0.15, 0.2) is 24.5 Å². The Morgan fingerprint density at radius 3 is 2.38 bits per heavy atom. The predicted octanol–water partition coefficient (Wildman–Crippen LogP) is 2.65. The van der Waals surface area contributed by atoms with E-state index in [0.29, 0.717) is 11.3 Å². The molecular formula is C22H24F2N6O2. The molecule has 0 atom stereocenters. The average molecular weight is 442 g/mol. The highest BCUT2D eigenvalue weighted by atomic mass is 19.2. The normalized spacial score (nSPS) is 14.1. The zero-order valence-corrected chi connectivity index (χ0v) is 17.9. The van der Waals surface area contributed by atoms with Gasteiger partial charge in [0.1, 0.15) is 6.54 Å². The van der Waals surface area contributed by atoms with Crippen LogP contribution in [0, 0.1) is 18.6 Å². The van der Waals surface area contributed by atoms with Crippen molar-refractivity contribution in [1.29, 1.82) is 0 Å². The number of hydrogen-bond acceptors (Lipinski definition) is 4. The van der Waals surface area contributed by atoms with Crippen molar-refractivity contribution in [3.63, 3.8) is 0 Å². The van der Waals surface area contributed by atoms with E-state index >= 15 is 4.39 Å². The summed E-state index contributed by atoms with van der Waals surface area (Å²) in [5.41, 5.74) is 6.36. The third kappa shape index (κ3) is 3.88. The molecule has 2 aromatic heterocycles. The summed E-state index contributed by atoms with van der Waals surface area (Å²) < 4.78 is 32.8. The van der Waals surface area contributed by atoms with E-state index in [1.54, 1.807) is 13.1 Å². The summed E-state index contributed by atoms with van der Waals surface area (Å²) in [6, 6.07) is 2.87. The summed E-state index contributed by atoms with van der Waals surface area (Å²) in [5, 5.41) is 4.32. The van der Waals surface area contributed by atoms with E-state index in [0.717, 1.165) is 32.4 Å². The van der Waals surface area contributed by atoms with Crippen LogP contribution < -0.4 is 5.73 Å². The van der Waals surface area contributed by atoms with Crippen LogP contribution >= 0.6 is 0 Å². The van der Waals surface area contributed by atoms with Gasteiger partial charge in [0.25, 0.3) is 5.91 Å². The van der Waals surface area contributed by atoms with Crippen LogP contribution in [-0.2, 0) is 18.4 Å². The maximum atomic E-state index is 15.1. The first kappa shape index (κ1) is 21.7. The molecule has 0 bridgehead atoms. The molecule has 0 radical (unpaired) electrons. The van der Waals surface area contributed by atoms with Gasteiger partial charge in [-0.15, -0.1) is 0 Å². The number of benzene rings is 1. The number of imidazole rings is 1. The van der Waals surface area contributed by atoms with Crippen LogP contribution in [0.3, 0.4) is 0 Å². The van der Waals surface area contributed by atoms with Crippen LogP contribution in [0.1, 0.15) is 35.6 Å². The fraction of sp³-hybridized carbons (Fsp3) is 0.364. The van der Waals surface area contributed by atoms with Crippen molar-refractivity contribution in [3.05, 3.63) is 47.7 Å². The quantitative estimate of drug-likeness (QED) is 0.657. The monoisotopic (exact) mass is 442 g/mol. The largest absolute Gasteiger partial charge is 0.363 e. The highest BCUT2D eigenvalue weighted by molar-refractivity contribution is 5.90. The standard InChI is InChI=1S/C22H24F2N6O2/c1-13-16(11-30(27-13)12-18(31)29-8-4-3-5-9-29)14-6-7-15(20(24)19(14)23)17-10-26-22(21(25)32)28(17)2/h6-7,10-11H,3-5,8-9,12H2,1-2H3,(H2,25,32). The lowest BCUT2D eigenvalue weighted by atomic mass is 10.0. The number of aryl methyl sites for hydroxylation is 1. The lowest BCUT2D eigenvalue weighted by Crippen LogP contribution is -2.37. The summed E-state index contributed by atoms with van der Waals surface area (Å²) in [4.78, 5) is 29.6. The SMILES string of the molecule is Cc1nn(CC(=O)N2CCCCC2)cc1-c1ccc(-c2cnc(C(N)=O)n2C)c(F)c1F. The average Bonchev–Trinajstić information content (AvgIpc) is 3.33. The first-order valence-corrected chi connectivity index (χ1v) is 10.4. The Hall–Kier alpha value is -3.56. The molecule has 0 unspecified atom stereocenters. The van der Waals surface area contributed by atoms with E-state index in [2.05, 4.69) is 10.1 Å². The Morgan fingerprint density at radius 2 is 1.72 bits per heavy atom. The summed E-state index contributed by atoms with van der Waals surface area (Å²) >= 11 is 0. The minimum absolute atomic E-state index is 0.0396. The molecule has 2 N–H and O–H groups in total. The number of primary amides is 1. The number of carbonyl (C=O) groups excluding carboxylic acids is 2. The summed E-state index contributed by atoms with van der Waals surface area (Å²) in [6.45, 7) is 3.20. The number of piperidine rings is 1. The number of halogens is 2. The highest BCUT2D eigenvalue weighted by Crippen LogP contribution is 2.32. The Morgan fingerprint density at radius 1 is 1.06 bits per heavy atom. The number of aromatic nitrogens is 4. The first-order valence-electron chi connectivity index (χ1n) is 10.4. The molecular weight excluding hydrogens is 418 g/mol. The lowest BCUT2D eigenvalue weighted by molar-refractivity contribution is -0.132. The summed E-state index contributed by atoms with van der Waals surface area (Å²) in [5.74, 6) is -2.98. The van der Waals surface area contributed by atoms with Crippen molar-refractivity contribution in [3.8, 4) is 22.4 Å². The molecule has 1 aliphatic heterocycles. The van der Waals surface area contributed by atoms with Crippen molar-refractivity contribution in [2.45, 2.75) is 32.7 Å². The topological polar surface area (TPSA) is 99.0 Å². The van der Waals surface area contributed by atoms with Crippen LogP contribution in [0.25, 0.3) is 22.4 Å². The molecule has 168 valence electrons. The molecule has 1 aromatic carbocycles. The molecule has 2 amide bonds. The highest BCUT2D eigenvalue weighted by Gasteiger charge is 2.23. The molecule has 8 nitrogen and oxygen atoms in total. The second-order valence-corrected chi connectivity index (χ2v) is 7.95. The van der Waals surface area contributed by atoms with Gasteiger partial charge in [0, 0.05) is 43.0 Å². The van der Waals surface area contributed by atoms with Gasteiger partial charge in [0.15, 0.2) is 17.5 Å². The van der Waals surface area contributed by atoms with E-state index in [1.165, 1.54) is 34.6 Å². The zero-order chi connectivity index (χ0) is 23.0. The van der Waals surface area contributed by atoms with Gasteiger partial charge in [-0.25, -0.2) is 13.8 Å². The molecule has 3 heterocycles. The molecule has 10 heteroatoms. The van der Waals surface area contributed by atoms with Gasteiger partial charge in [-0.3, -0.25) is 14.3 Å². The molecule has 0 aliphatic carbocycles. The summed E-state index contributed by atoms with van der Waals surface area (Å²) in [6.07, 6.45) is 5.93. The molecule has 32 heavy (non-hydrogen) atoms. The second-order valence-electron chi connectivity index (χ2n) is 7.95. The molecule has 1 fully saturated rings. The van der Waals surface area contributed by atoms with Crippen molar-refractivity contribution < 1.29 is 18.4 Å². The smallest absolute Gasteiger partial charge is 0.284 e. The second kappa shape index (κ2) is 8.52. The third-order valence-corrected chi connectivity index (χ3v) is 5.81. The Labute approximate surface area is 183 Å². The van der Waals surface area contributed by atoms with Crippen molar-refractivity contribution >= 4 is 11.8 Å². The van der Waals surface area contributed by atoms with Crippen molar-refractivity contribution in [1.82, 2.24) is 24.2 Å². The minimum atomic E-state index is -1.07. The molecule has 1 aliphatic rings. The van der Waals surface area contributed by atoms with E-state index < -0.39 is 17.5 Å². The maximum absolute atomic E-state index is 15.1. The number of nitrogens with zero attached hydrogens (tertiary/aromatic N) is 5. The van der Waals surface area contributed by atoms with E-state index in [1.807, 2.05) is 4.90 Å².